The van der Waals surface area contributed by atoms with Gasteiger partial charge in [-0.15, -0.1) is 0 Å². The van der Waals surface area contributed by atoms with Gasteiger partial charge in [0.15, 0.2) is 5.78 Å². The Morgan fingerprint density at radius 1 is 0.952 bits per heavy atom. The molecule has 1 N–H and O–H groups in total. The number of aromatic nitrogens is 1. The van der Waals surface area contributed by atoms with E-state index in [9.17, 15) is 13.2 Å². The molecule has 0 unspecified atom stereocenters. The SMILES string of the molecule is CC(=O)c1c(S(=O)(=O)c2ccccc2)[nH]c2ccccc12. The lowest BCUT2D eigenvalue weighted by Gasteiger charge is -2.04. The summed E-state index contributed by atoms with van der Waals surface area (Å²) in [5.41, 5.74) is 0.853. The summed E-state index contributed by atoms with van der Waals surface area (Å²) >= 11 is 0. The van der Waals surface area contributed by atoms with Crippen LogP contribution < -0.4 is 0 Å². The van der Waals surface area contributed by atoms with Gasteiger partial charge in [-0.25, -0.2) is 8.42 Å². The fourth-order valence-corrected chi connectivity index (χ4v) is 3.90. The summed E-state index contributed by atoms with van der Waals surface area (Å²) in [7, 11) is -3.75. The van der Waals surface area contributed by atoms with Crippen molar-refractivity contribution in [1.82, 2.24) is 4.98 Å². The maximum atomic E-state index is 12.7. The smallest absolute Gasteiger partial charge is 0.222 e. The van der Waals surface area contributed by atoms with Crippen LogP contribution in [0.15, 0.2) is 64.5 Å². The fourth-order valence-electron chi connectivity index (χ4n) is 2.39. The van der Waals surface area contributed by atoms with Gasteiger partial charge < -0.3 is 4.98 Å². The Bertz CT molecular complexity index is 925. The predicted molar refractivity (Wildman–Crippen MR) is 80.2 cm³/mol. The van der Waals surface area contributed by atoms with Crippen LogP contribution in [-0.4, -0.2) is 19.2 Å². The fraction of sp³-hybridized carbons (Fsp3) is 0.0625. The van der Waals surface area contributed by atoms with Gasteiger partial charge in [-0.05, 0) is 25.1 Å². The zero-order valence-corrected chi connectivity index (χ0v) is 12.1. The number of hydrogen-bond donors (Lipinski definition) is 1. The number of carbonyl (C=O) groups is 1. The highest BCUT2D eigenvalue weighted by Crippen LogP contribution is 2.30. The molecule has 0 atom stereocenters. The van der Waals surface area contributed by atoms with Gasteiger partial charge in [0.25, 0.3) is 0 Å². The molecular formula is C16H13NO3S. The van der Waals surface area contributed by atoms with Crippen molar-refractivity contribution in [2.45, 2.75) is 16.8 Å². The molecular weight excluding hydrogens is 286 g/mol. The Kier molecular flexibility index (Phi) is 3.14. The zero-order valence-electron chi connectivity index (χ0n) is 11.3. The number of ketones is 1. The molecule has 0 aliphatic heterocycles. The van der Waals surface area contributed by atoms with E-state index in [1.54, 1.807) is 42.5 Å². The van der Waals surface area contributed by atoms with Gasteiger partial charge in [-0.2, -0.15) is 0 Å². The Labute approximate surface area is 122 Å². The van der Waals surface area contributed by atoms with Crippen molar-refractivity contribution in [1.29, 1.82) is 0 Å². The minimum Gasteiger partial charge on any atom is -0.345 e. The van der Waals surface area contributed by atoms with Gasteiger partial charge in [-0.3, -0.25) is 4.79 Å². The first-order chi connectivity index (χ1) is 10.0. The maximum absolute atomic E-state index is 12.7. The molecule has 106 valence electrons. The lowest BCUT2D eigenvalue weighted by atomic mass is 10.1. The molecule has 0 aliphatic carbocycles. The summed E-state index contributed by atoms with van der Waals surface area (Å²) in [6.07, 6.45) is 0. The Morgan fingerprint density at radius 3 is 2.24 bits per heavy atom. The molecule has 0 spiro atoms. The third-order valence-electron chi connectivity index (χ3n) is 3.35. The van der Waals surface area contributed by atoms with Crippen LogP contribution >= 0.6 is 0 Å². The normalized spacial score (nSPS) is 11.7. The molecule has 4 nitrogen and oxygen atoms in total. The number of sulfone groups is 1. The van der Waals surface area contributed by atoms with E-state index < -0.39 is 9.84 Å². The topological polar surface area (TPSA) is 67.0 Å². The van der Waals surface area contributed by atoms with Crippen LogP contribution in [0.25, 0.3) is 10.9 Å². The molecule has 21 heavy (non-hydrogen) atoms. The Hall–Kier alpha value is -2.40. The van der Waals surface area contributed by atoms with E-state index >= 15 is 0 Å². The first kappa shape index (κ1) is 13.6. The highest BCUT2D eigenvalue weighted by Gasteiger charge is 2.27. The van der Waals surface area contributed by atoms with Gasteiger partial charge in [0.05, 0.1) is 10.5 Å². The molecule has 3 aromatic rings. The van der Waals surface area contributed by atoms with E-state index in [2.05, 4.69) is 4.98 Å². The van der Waals surface area contributed by atoms with E-state index in [1.807, 2.05) is 0 Å². The molecule has 5 heteroatoms. The third-order valence-corrected chi connectivity index (χ3v) is 5.08. The summed E-state index contributed by atoms with van der Waals surface area (Å²) < 4.78 is 25.5. The number of H-pyrrole nitrogens is 1. The molecule has 0 aliphatic rings. The molecule has 3 rings (SSSR count). The summed E-state index contributed by atoms with van der Waals surface area (Å²) in [6, 6.07) is 15.2. The predicted octanol–water partition coefficient (Wildman–Crippen LogP) is 3.20. The number of nitrogens with one attached hydrogen (secondary N) is 1. The number of Topliss-reactive ketones (excluding diaryl/α,β-unsaturated/α-hetero) is 1. The van der Waals surface area contributed by atoms with E-state index in [1.165, 1.54) is 19.1 Å². The van der Waals surface area contributed by atoms with E-state index in [-0.39, 0.29) is 21.3 Å². The molecule has 1 aromatic heterocycles. The summed E-state index contributed by atoms with van der Waals surface area (Å²) in [4.78, 5) is 15.0. The Balaban J connectivity index is 2.35. The number of benzene rings is 2. The van der Waals surface area contributed by atoms with E-state index in [0.29, 0.717) is 10.9 Å². The van der Waals surface area contributed by atoms with Crippen LogP contribution in [0.4, 0.5) is 0 Å². The van der Waals surface area contributed by atoms with Crippen molar-refractivity contribution in [2.75, 3.05) is 0 Å². The van der Waals surface area contributed by atoms with Crippen molar-refractivity contribution in [3.8, 4) is 0 Å². The van der Waals surface area contributed by atoms with Crippen LogP contribution in [0.2, 0.25) is 0 Å². The number of para-hydroxylation sites is 1. The lowest BCUT2D eigenvalue weighted by Crippen LogP contribution is -2.07. The van der Waals surface area contributed by atoms with Crippen LogP contribution in [-0.2, 0) is 9.84 Å². The summed E-state index contributed by atoms with van der Waals surface area (Å²) in [5, 5.41) is 0.585. The van der Waals surface area contributed by atoms with Gasteiger partial charge in [0.1, 0.15) is 5.03 Å². The minimum atomic E-state index is -3.75. The maximum Gasteiger partial charge on any atom is 0.222 e. The molecule has 0 fully saturated rings. The van der Waals surface area contributed by atoms with E-state index in [4.69, 9.17) is 0 Å². The largest absolute Gasteiger partial charge is 0.345 e. The van der Waals surface area contributed by atoms with Crippen LogP contribution in [0.5, 0.6) is 0 Å². The molecule has 0 saturated heterocycles. The van der Waals surface area contributed by atoms with Crippen molar-refractivity contribution < 1.29 is 13.2 Å². The highest BCUT2D eigenvalue weighted by atomic mass is 32.2. The average Bonchev–Trinajstić information content (AvgIpc) is 2.88. The average molecular weight is 299 g/mol. The van der Waals surface area contributed by atoms with Gasteiger partial charge in [0.2, 0.25) is 9.84 Å². The second kappa shape index (κ2) is 4.86. The standard InChI is InChI=1S/C16H13NO3S/c1-11(18)15-13-9-5-6-10-14(13)17-16(15)21(19,20)12-7-3-2-4-8-12/h2-10,17H,1H3. The lowest BCUT2D eigenvalue weighted by molar-refractivity contribution is 0.101. The number of carbonyl (C=O) groups excluding carboxylic acids is 1. The summed E-state index contributed by atoms with van der Waals surface area (Å²) in [5.74, 6) is -0.276. The first-order valence-corrected chi connectivity index (χ1v) is 7.92. The van der Waals surface area contributed by atoms with Crippen LogP contribution in [0, 0.1) is 0 Å². The monoisotopic (exact) mass is 299 g/mol. The molecule has 2 aromatic carbocycles. The molecule has 0 amide bonds. The van der Waals surface area contributed by atoms with Crippen molar-refractivity contribution in [3.05, 3.63) is 60.2 Å². The van der Waals surface area contributed by atoms with E-state index in [0.717, 1.165) is 0 Å². The number of rotatable bonds is 3. The highest BCUT2D eigenvalue weighted by molar-refractivity contribution is 7.91. The first-order valence-electron chi connectivity index (χ1n) is 6.43. The second-order valence-electron chi connectivity index (χ2n) is 4.75. The van der Waals surface area contributed by atoms with Gasteiger partial charge >= 0.3 is 0 Å². The molecule has 0 saturated carbocycles. The third kappa shape index (κ3) is 2.15. The summed E-state index contributed by atoms with van der Waals surface area (Å²) in [6.45, 7) is 1.37. The zero-order chi connectivity index (χ0) is 15.0. The number of hydrogen-bond acceptors (Lipinski definition) is 3. The van der Waals surface area contributed by atoms with Gasteiger partial charge in [-0.1, -0.05) is 36.4 Å². The Morgan fingerprint density at radius 2 is 1.57 bits per heavy atom. The van der Waals surface area contributed by atoms with Crippen molar-refractivity contribution in [3.63, 3.8) is 0 Å². The van der Waals surface area contributed by atoms with Crippen molar-refractivity contribution >= 4 is 26.5 Å². The quantitative estimate of drug-likeness (QED) is 0.755. The second-order valence-corrected chi connectivity index (χ2v) is 6.63. The van der Waals surface area contributed by atoms with Crippen LogP contribution in [0.3, 0.4) is 0 Å². The van der Waals surface area contributed by atoms with Crippen LogP contribution in [0.1, 0.15) is 17.3 Å². The van der Waals surface area contributed by atoms with Crippen molar-refractivity contribution in [2.24, 2.45) is 0 Å². The molecule has 0 radical (unpaired) electrons. The molecule has 0 bridgehead atoms. The minimum absolute atomic E-state index is 0.0394. The molecule has 1 heterocycles. The number of fused-ring (bicyclic) bond motifs is 1. The number of aromatic amines is 1. The van der Waals surface area contributed by atoms with Gasteiger partial charge in [0, 0.05) is 10.9 Å².